The highest BCUT2D eigenvalue weighted by atomic mass is 79.9. The van der Waals surface area contributed by atoms with Gasteiger partial charge in [0.2, 0.25) is 0 Å². The molecule has 1 heterocycles. The number of anilines is 2. The maximum absolute atomic E-state index is 8.76. The Hall–Kier alpha value is -1.38. The van der Waals surface area contributed by atoms with Gasteiger partial charge in [-0.1, -0.05) is 15.9 Å². The van der Waals surface area contributed by atoms with Gasteiger partial charge < -0.3 is 5.32 Å². The number of aromatic nitrogens is 1. The van der Waals surface area contributed by atoms with Crippen LogP contribution in [0.2, 0.25) is 0 Å². The van der Waals surface area contributed by atoms with Crippen molar-refractivity contribution >= 4 is 43.2 Å². The molecule has 2 rings (SSSR count). The van der Waals surface area contributed by atoms with E-state index in [0.717, 1.165) is 20.3 Å². The molecule has 0 saturated heterocycles. The lowest BCUT2D eigenvalue weighted by Gasteiger charge is -2.08. The molecular formula is C12H7Br2N3. The Morgan fingerprint density at radius 3 is 2.71 bits per heavy atom. The number of benzene rings is 1. The lowest BCUT2D eigenvalue weighted by atomic mass is 10.3. The average molecular weight is 353 g/mol. The van der Waals surface area contributed by atoms with E-state index in [0.29, 0.717) is 5.69 Å². The van der Waals surface area contributed by atoms with E-state index in [2.05, 4.69) is 42.2 Å². The Morgan fingerprint density at radius 1 is 1.18 bits per heavy atom. The van der Waals surface area contributed by atoms with Crippen molar-refractivity contribution < 1.29 is 0 Å². The van der Waals surface area contributed by atoms with Crippen LogP contribution < -0.4 is 5.32 Å². The average Bonchev–Trinajstić information content (AvgIpc) is 2.33. The monoisotopic (exact) mass is 351 g/mol. The first kappa shape index (κ1) is 12.1. The maximum atomic E-state index is 8.76. The van der Waals surface area contributed by atoms with Crippen molar-refractivity contribution in [2.24, 2.45) is 0 Å². The second-order valence-electron chi connectivity index (χ2n) is 3.29. The molecule has 17 heavy (non-hydrogen) atoms. The fourth-order valence-corrected chi connectivity index (χ4v) is 2.46. The molecule has 3 nitrogen and oxygen atoms in total. The smallest absolute Gasteiger partial charge is 0.142 e. The predicted molar refractivity (Wildman–Crippen MR) is 74.1 cm³/mol. The number of hydrogen-bond donors (Lipinski definition) is 1. The lowest BCUT2D eigenvalue weighted by molar-refractivity contribution is 1.26. The van der Waals surface area contributed by atoms with Crippen molar-refractivity contribution in [1.29, 1.82) is 5.26 Å². The zero-order chi connectivity index (χ0) is 12.3. The summed E-state index contributed by atoms with van der Waals surface area (Å²) in [5, 5.41) is 12.0. The predicted octanol–water partition coefficient (Wildman–Crippen LogP) is 4.22. The second-order valence-corrected chi connectivity index (χ2v) is 5.06. The van der Waals surface area contributed by atoms with Gasteiger partial charge in [0.25, 0.3) is 0 Å². The molecule has 0 atom stereocenters. The number of rotatable bonds is 2. The molecule has 1 N–H and O–H groups in total. The van der Waals surface area contributed by atoms with Crippen molar-refractivity contribution in [3.8, 4) is 6.07 Å². The summed E-state index contributed by atoms with van der Waals surface area (Å²) >= 11 is 6.86. The third-order valence-electron chi connectivity index (χ3n) is 2.08. The Kier molecular flexibility index (Phi) is 3.77. The summed E-state index contributed by atoms with van der Waals surface area (Å²) in [6.45, 7) is 0. The number of nitrogens with one attached hydrogen (secondary N) is 1. The lowest BCUT2D eigenvalue weighted by Crippen LogP contribution is -1.93. The van der Waals surface area contributed by atoms with Gasteiger partial charge >= 0.3 is 0 Å². The first-order valence-corrected chi connectivity index (χ1v) is 6.36. The van der Waals surface area contributed by atoms with E-state index in [4.69, 9.17) is 5.26 Å². The van der Waals surface area contributed by atoms with E-state index >= 15 is 0 Å². The van der Waals surface area contributed by atoms with E-state index in [1.165, 1.54) is 0 Å². The number of nitrogens with zero attached hydrogens (tertiary/aromatic N) is 2. The van der Waals surface area contributed by atoms with Crippen LogP contribution in [-0.2, 0) is 0 Å². The van der Waals surface area contributed by atoms with E-state index in [1.807, 2.05) is 30.3 Å². The number of nitriles is 1. The fourth-order valence-electron chi connectivity index (χ4n) is 1.32. The summed E-state index contributed by atoms with van der Waals surface area (Å²) in [6, 6.07) is 11.4. The molecule has 1 aromatic carbocycles. The Morgan fingerprint density at radius 2 is 2.00 bits per heavy atom. The topological polar surface area (TPSA) is 48.7 Å². The molecule has 0 fully saturated rings. The minimum atomic E-state index is 0.392. The van der Waals surface area contributed by atoms with Gasteiger partial charge in [-0.25, -0.2) is 4.98 Å². The van der Waals surface area contributed by atoms with Crippen LogP contribution >= 0.6 is 31.9 Å². The van der Waals surface area contributed by atoms with Crippen LogP contribution in [0.4, 0.5) is 11.4 Å². The van der Waals surface area contributed by atoms with Crippen LogP contribution in [0.5, 0.6) is 0 Å². The minimum absolute atomic E-state index is 0.392. The van der Waals surface area contributed by atoms with Gasteiger partial charge in [0.05, 0.1) is 5.69 Å². The number of halogens is 2. The van der Waals surface area contributed by atoms with Gasteiger partial charge in [0, 0.05) is 20.8 Å². The van der Waals surface area contributed by atoms with E-state index in [9.17, 15) is 0 Å². The summed E-state index contributed by atoms with van der Waals surface area (Å²) in [5.41, 5.74) is 2.16. The zero-order valence-corrected chi connectivity index (χ0v) is 11.8. The molecular weight excluding hydrogens is 346 g/mol. The van der Waals surface area contributed by atoms with Gasteiger partial charge in [-0.05, 0) is 46.3 Å². The maximum Gasteiger partial charge on any atom is 0.142 e. The standard InChI is InChI=1S/C12H7Br2N3/c13-8-1-2-12(11(14)5-8)17-9-3-4-16-10(6-9)7-15/h1-6H,(H,16,17). The summed E-state index contributed by atoms with van der Waals surface area (Å²) in [5.74, 6) is 0. The molecule has 5 heteroatoms. The van der Waals surface area contributed by atoms with E-state index < -0.39 is 0 Å². The molecule has 0 aliphatic carbocycles. The van der Waals surface area contributed by atoms with Crippen LogP contribution in [0.3, 0.4) is 0 Å². The van der Waals surface area contributed by atoms with Crippen molar-refractivity contribution in [3.63, 3.8) is 0 Å². The minimum Gasteiger partial charge on any atom is -0.354 e. The largest absolute Gasteiger partial charge is 0.354 e. The quantitative estimate of drug-likeness (QED) is 0.880. The van der Waals surface area contributed by atoms with Gasteiger partial charge in [0.15, 0.2) is 0 Å². The molecule has 1 aromatic heterocycles. The molecule has 0 saturated carbocycles. The van der Waals surface area contributed by atoms with Crippen LogP contribution in [0.25, 0.3) is 0 Å². The van der Waals surface area contributed by atoms with Crippen LogP contribution in [0.1, 0.15) is 5.69 Å². The number of pyridine rings is 1. The van der Waals surface area contributed by atoms with Crippen molar-refractivity contribution in [2.45, 2.75) is 0 Å². The van der Waals surface area contributed by atoms with Crippen LogP contribution in [0, 0.1) is 11.3 Å². The van der Waals surface area contributed by atoms with E-state index in [1.54, 1.807) is 12.3 Å². The van der Waals surface area contributed by atoms with Gasteiger partial charge in [-0.3, -0.25) is 0 Å². The Bertz CT molecular complexity index is 591. The zero-order valence-electron chi connectivity index (χ0n) is 8.61. The molecule has 0 spiro atoms. The molecule has 2 aromatic rings. The molecule has 84 valence electrons. The van der Waals surface area contributed by atoms with Gasteiger partial charge in [0.1, 0.15) is 11.8 Å². The molecule has 0 bridgehead atoms. The summed E-state index contributed by atoms with van der Waals surface area (Å²) in [7, 11) is 0. The fraction of sp³-hybridized carbons (Fsp3) is 0. The highest BCUT2D eigenvalue weighted by Gasteiger charge is 2.02. The van der Waals surface area contributed by atoms with Gasteiger partial charge in [-0.2, -0.15) is 5.26 Å². The first-order chi connectivity index (χ1) is 8.19. The molecule has 0 amide bonds. The number of hydrogen-bond acceptors (Lipinski definition) is 3. The summed E-state index contributed by atoms with van der Waals surface area (Å²) < 4.78 is 1.95. The normalized spacial score (nSPS) is 9.71. The van der Waals surface area contributed by atoms with Crippen molar-refractivity contribution in [1.82, 2.24) is 4.98 Å². The Labute approximate surface area is 116 Å². The first-order valence-electron chi connectivity index (χ1n) is 4.77. The molecule has 0 unspecified atom stereocenters. The summed E-state index contributed by atoms with van der Waals surface area (Å²) in [4.78, 5) is 3.92. The molecule has 0 radical (unpaired) electrons. The third kappa shape index (κ3) is 3.05. The highest BCUT2D eigenvalue weighted by Crippen LogP contribution is 2.28. The van der Waals surface area contributed by atoms with Crippen LogP contribution in [0.15, 0.2) is 45.5 Å². The van der Waals surface area contributed by atoms with Crippen molar-refractivity contribution in [3.05, 3.63) is 51.2 Å². The molecule has 0 aliphatic heterocycles. The van der Waals surface area contributed by atoms with Crippen LogP contribution in [-0.4, -0.2) is 4.98 Å². The molecule has 0 aliphatic rings. The Balaban J connectivity index is 2.28. The van der Waals surface area contributed by atoms with E-state index in [-0.39, 0.29) is 0 Å². The highest BCUT2D eigenvalue weighted by molar-refractivity contribution is 9.11. The second kappa shape index (κ2) is 5.30. The summed E-state index contributed by atoms with van der Waals surface area (Å²) in [6.07, 6.45) is 1.60. The van der Waals surface area contributed by atoms with Gasteiger partial charge in [-0.15, -0.1) is 0 Å². The third-order valence-corrected chi connectivity index (χ3v) is 3.23. The SMILES string of the molecule is N#Cc1cc(Nc2ccc(Br)cc2Br)ccn1. The van der Waals surface area contributed by atoms with Crippen molar-refractivity contribution in [2.75, 3.05) is 5.32 Å².